The average molecular weight is 278 g/mol. The Labute approximate surface area is 124 Å². The van der Waals surface area contributed by atoms with Crippen LogP contribution in [0, 0.1) is 13.8 Å². The maximum absolute atomic E-state index is 12.7. The first kappa shape index (κ1) is 13.4. The molecule has 3 nitrogen and oxygen atoms in total. The quantitative estimate of drug-likeness (QED) is 0.754. The fourth-order valence-corrected chi connectivity index (χ4v) is 2.67. The van der Waals surface area contributed by atoms with Gasteiger partial charge in [0, 0.05) is 30.0 Å². The maximum atomic E-state index is 12.7. The summed E-state index contributed by atoms with van der Waals surface area (Å²) in [5.41, 5.74) is 4.91. The molecule has 0 saturated carbocycles. The number of fused-ring (bicyclic) bond motifs is 1. The van der Waals surface area contributed by atoms with Gasteiger partial charge in [-0.1, -0.05) is 23.8 Å². The van der Waals surface area contributed by atoms with E-state index in [-0.39, 0.29) is 5.91 Å². The van der Waals surface area contributed by atoms with E-state index in [1.165, 1.54) is 5.56 Å². The fourth-order valence-electron chi connectivity index (χ4n) is 2.67. The van der Waals surface area contributed by atoms with Crippen LogP contribution in [0.4, 0.5) is 5.69 Å². The van der Waals surface area contributed by atoms with Crippen molar-refractivity contribution >= 4 is 22.5 Å². The summed E-state index contributed by atoms with van der Waals surface area (Å²) in [5.74, 6) is -0.00143. The average Bonchev–Trinajstić information content (AvgIpc) is 2.93. The van der Waals surface area contributed by atoms with Crippen LogP contribution in [0.5, 0.6) is 0 Å². The Kier molecular flexibility index (Phi) is 3.26. The summed E-state index contributed by atoms with van der Waals surface area (Å²) in [7, 11) is 1.82. The third-order valence-corrected chi connectivity index (χ3v) is 3.82. The van der Waals surface area contributed by atoms with E-state index in [0.717, 1.165) is 22.2 Å². The number of nitrogens with zero attached hydrogens (tertiary/aromatic N) is 1. The Morgan fingerprint density at radius 1 is 1.05 bits per heavy atom. The van der Waals surface area contributed by atoms with Crippen LogP contribution in [0.15, 0.2) is 48.7 Å². The lowest BCUT2D eigenvalue weighted by molar-refractivity contribution is 0.0993. The maximum Gasteiger partial charge on any atom is 0.258 e. The van der Waals surface area contributed by atoms with Gasteiger partial charge in [-0.25, -0.2) is 0 Å². The molecule has 3 aromatic rings. The number of nitrogens with one attached hydrogen (secondary N) is 1. The molecule has 0 atom stereocenters. The van der Waals surface area contributed by atoms with Gasteiger partial charge in [0.2, 0.25) is 0 Å². The predicted octanol–water partition coefficient (Wildman–Crippen LogP) is 4.06. The SMILES string of the molecule is Cc1ccc(N(C)C(=O)c2ccc3cc[nH]c3c2)c(C)c1. The van der Waals surface area contributed by atoms with E-state index in [4.69, 9.17) is 0 Å². The molecule has 1 heterocycles. The number of amides is 1. The molecule has 0 aliphatic heterocycles. The van der Waals surface area contributed by atoms with Crippen molar-refractivity contribution in [3.05, 3.63) is 65.4 Å². The Morgan fingerprint density at radius 2 is 1.86 bits per heavy atom. The number of benzene rings is 2. The van der Waals surface area contributed by atoms with E-state index in [9.17, 15) is 4.79 Å². The highest BCUT2D eigenvalue weighted by Crippen LogP contribution is 2.23. The minimum absolute atomic E-state index is 0.00143. The van der Waals surface area contributed by atoms with E-state index in [2.05, 4.69) is 18.0 Å². The summed E-state index contributed by atoms with van der Waals surface area (Å²) >= 11 is 0. The molecule has 21 heavy (non-hydrogen) atoms. The lowest BCUT2D eigenvalue weighted by Gasteiger charge is -2.20. The number of aromatic nitrogens is 1. The molecule has 1 N–H and O–H groups in total. The largest absolute Gasteiger partial charge is 0.361 e. The number of anilines is 1. The summed E-state index contributed by atoms with van der Waals surface area (Å²) in [6.07, 6.45) is 1.88. The number of carbonyl (C=O) groups is 1. The Balaban J connectivity index is 1.96. The Morgan fingerprint density at radius 3 is 2.62 bits per heavy atom. The molecule has 1 amide bonds. The van der Waals surface area contributed by atoms with E-state index < -0.39 is 0 Å². The number of hydrogen-bond acceptors (Lipinski definition) is 1. The number of hydrogen-bond donors (Lipinski definition) is 1. The molecule has 0 bridgehead atoms. The number of aromatic amines is 1. The molecule has 0 saturated heterocycles. The summed E-state index contributed by atoms with van der Waals surface area (Å²) < 4.78 is 0. The molecule has 0 aliphatic carbocycles. The van der Waals surface area contributed by atoms with Crippen molar-refractivity contribution in [3.8, 4) is 0 Å². The van der Waals surface area contributed by atoms with Crippen molar-refractivity contribution in [2.24, 2.45) is 0 Å². The molecule has 2 aromatic carbocycles. The number of H-pyrrole nitrogens is 1. The van der Waals surface area contributed by atoms with Crippen molar-refractivity contribution in [2.45, 2.75) is 13.8 Å². The van der Waals surface area contributed by atoms with Crippen LogP contribution >= 0.6 is 0 Å². The van der Waals surface area contributed by atoms with Gasteiger partial charge in [0.05, 0.1) is 0 Å². The lowest BCUT2D eigenvalue weighted by Crippen LogP contribution is -2.26. The summed E-state index contributed by atoms with van der Waals surface area (Å²) in [6.45, 7) is 4.08. The molecular weight excluding hydrogens is 260 g/mol. The number of carbonyl (C=O) groups excluding carboxylic acids is 1. The molecule has 3 rings (SSSR count). The Bertz CT molecular complexity index is 817. The van der Waals surface area contributed by atoms with Crippen molar-refractivity contribution < 1.29 is 4.79 Å². The third kappa shape index (κ3) is 2.42. The molecule has 0 spiro atoms. The number of rotatable bonds is 2. The molecule has 1 aromatic heterocycles. The zero-order valence-corrected chi connectivity index (χ0v) is 12.5. The predicted molar refractivity (Wildman–Crippen MR) is 86.9 cm³/mol. The second-order valence-corrected chi connectivity index (χ2v) is 5.43. The van der Waals surface area contributed by atoms with Crippen molar-refractivity contribution in [1.82, 2.24) is 4.98 Å². The van der Waals surface area contributed by atoms with Crippen LogP contribution in [-0.2, 0) is 0 Å². The van der Waals surface area contributed by atoms with E-state index in [1.54, 1.807) is 4.90 Å². The van der Waals surface area contributed by atoms with E-state index in [1.807, 2.05) is 56.6 Å². The fraction of sp³-hybridized carbons (Fsp3) is 0.167. The van der Waals surface area contributed by atoms with Crippen LogP contribution in [0.3, 0.4) is 0 Å². The van der Waals surface area contributed by atoms with Gasteiger partial charge in [0.1, 0.15) is 0 Å². The van der Waals surface area contributed by atoms with E-state index in [0.29, 0.717) is 5.56 Å². The van der Waals surface area contributed by atoms with Gasteiger partial charge in [-0.05, 0) is 49.1 Å². The number of aryl methyl sites for hydroxylation is 2. The molecule has 0 unspecified atom stereocenters. The van der Waals surface area contributed by atoms with Crippen molar-refractivity contribution in [1.29, 1.82) is 0 Å². The standard InChI is InChI=1S/C18H18N2O/c1-12-4-7-17(13(2)10-12)20(3)18(21)15-6-5-14-8-9-19-16(14)11-15/h4-11,19H,1-3H3. The summed E-state index contributed by atoms with van der Waals surface area (Å²) in [4.78, 5) is 17.5. The highest BCUT2D eigenvalue weighted by atomic mass is 16.2. The molecular formula is C18H18N2O. The van der Waals surface area contributed by atoms with Crippen LogP contribution < -0.4 is 4.90 Å². The lowest BCUT2D eigenvalue weighted by atomic mass is 10.1. The highest BCUT2D eigenvalue weighted by molar-refractivity contribution is 6.07. The van der Waals surface area contributed by atoms with Crippen molar-refractivity contribution in [3.63, 3.8) is 0 Å². The summed E-state index contributed by atoms with van der Waals surface area (Å²) in [6, 6.07) is 13.9. The van der Waals surface area contributed by atoms with Gasteiger partial charge < -0.3 is 9.88 Å². The zero-order chi connectivity index (χ0) is 15.0. The first-order valence-corrected chi connectivity index (χ1v) is 6.99. The van der Waals surface area contributed by atoms with Gasteiger partial charge in [0.15, 0.2) is 0 Å². The van der Waals surface area contributed by atoms with Crippen molar-refractivity contribution in [2.75, 3.05) is 11.9 Å². The first-order chi connectivity index (χ1) is 10.1. The molecule has 106 valence electrons. The second-order valence-electron chi connectivity index (χ2n) is 5.43. The van der Waals surface area contributed by atoms with Gasteiger partial charge in [-0.2, -0.15) is 0 Å². The smallest absolute Gasteiger partial charge is 0.258 e. The Hall–Kier alpha value is -2.55. The van der Waals surface area contributed by atoms with Gasteiger partial charge >= 0.3 is 0 Å². The molecule has 3 heteroatoms. The van der Waals surface area contributed by atoms with E-state index >= 15 is 0 Å². The first-order valence-electron chi connectivity index (χ1n) is 6.99. The molecule has 0 fully saturated rings. The third-order valence-electron chi connectivity index (χ3n) is 3.82. The van der Waals surface area contributed by atoms with Gasteiger partial charge in [-0.3, -0.25) is 4.79 Å². The minimum atomic E-state index is -0.00143. The monoisotopic (exact) mass is 278 g/mol. The molecule has 0 radical (unpaired) electrons. The summed E-state index contributed by atoms with van der Waals surface area (Å²) in [5, 5.41) is 1.11. The topological polar surface area (TPSA) is 36.1 Å². The zero-order valence-electron chi connectivity index (χ0n) is 12.5. The van der Waals surface area contributed by atoms with Crippen LogP contribution in [-0.4, -0.2) is 17.9 Å². The van der Waals surface area contributed by atoms with Gasteiger partial charge in [0.25, 0.3) is 5.91 Å². The van der Waals surface area contributed by atoms with Crippen LogP contribution in [0.2, 0.25) is 0 Å². The van der Waals surface area contributed by atoms with Gasteiger partial charge in [-0.15, -0.1) is 0 Å². The molecule has 0 aliphatic rings. The highest BCUT2D eigenvalue weighted by Gasteiger charge is 2.15. The normalized spacial score (nSPS) is 10.8. The minimum Gasteiger partial charge on any atom is -0.361 e. The van der Waals surface area contributed by atoms with Crippen LogP contribution in [0.1, 0.15) is 21.5 Å². The second kappa shape index (κ2) is 5.09. The van der Waals surface area contributed by atoms with Crippen LogP contribution in [0.25, 0.3) is 10.9 Å².